The van der Waals surface area contributed by atoms with Crippen molar-refractivity contribution < 1.29 is 24.0 Å². The summed E-state index contributed by atoms with van der Waals surface area (Å²) >= 11 is 1.47. The molecule has 1 N–H and O–H groups in total. The monoisotopic (exact) mass is 350 g/mol. The molecule has 8 nitrogen and oxygen atoms in total. The summed E-state index contributed by atoms with van der Waals surface area (Å²) < 4.78 is 9.90. The zero-order valence-corrected chi connectivity index (χ0v) is 13.5. The second-order valence-corrected chi connectivity index (χ2v) is 5.44. The quantitative estimate of drug-likeness (QED) is 0.467. The molecule has 9 heteroatoms. The van der Waals surface area contributed by atoms with Crippen molar-refractivity contribution in [3.05, 3.63) is 50.7 Å². The summed E-state index contributed by atoms with van der Waals surface area (Å²) in [6.45, 7) is -0.455. The lowest BCUT2D eigenvalue weighted by atomic mass is 10.2. The van der Waals surface area contributed by atoms with Crippen LogP contribution in [0.25, 0.3) is 0 Å². The Kier molecular flexibility index (Phi) is 5.85. The van der Waals surface area contributed by atoms with Crippen molar-refractivity contribution in [2.75, 3.05) is 19.0 Å². The topological polar surface area (TPSA) is 108 Å². The van der Waals surface area contributed by atoms with E-state index in [9.17, 15) is 19.7 Å². The zero-order valence-electron chi connectivity index (χ0n) is 12.7. The van der Waals surface area contributed by atoms with Crippen molar-refractivity contribution in [2.45, 2.75) is 6.42 Å². The Morgan fingerprint density at radius 2 is 2.12 bits per heavy atom. The van der Waals surface area contributed by atoms with Crippen molar-refractivity contribution in [1.29, 1.82) is 0 Å². The number of ether oxygens (including phenoxy) is 2. The normalized spacial score (nSPS) is 10.0. The van der Waals surface area contributed by atoms with E-state index in [0.29, 0.717) is 0 Å². The number of thiophene rings is 1. The number of nitrogens with one attached hydrogen (secondary N) is 1. The van der Waals surface area contributed by atoms with Gasteiger partial charge >= 0.3 is 5.97 Å². The van der Waals surface area contributed by atoms with Gasteiger partial charge in [-0.15, -0.1) is 0 Å². The fraction of sp³-hybridized carbons (Fsp3) is 0.200. The first-order chi connectivity index (χ1) is 11.5. The van der Waals surface area contributed by atoms with Crippen LogP contribution in [0.5, 0.6) is 5.75 Å². The van der Waals surface area contributed by atoms with E-state index >= 15 is 0 Å². The van der Waals surface area contributed by atoms with Gasteiger partial charge in [-0.25, -0.2) is 0 Å². The van der Waals surface area contributed by atoms with E-state index in [1.807, 2.05) is 10.8 Å². The van der Waals surface area contributed by atoms with Crippen LogP contribution in [0.3, 0.4) is 0 Å². The summed E-state index contributed by atoms with van der Waals surface area (Å²) in [5.41, 5.74) is 0.913. The highest BCUT2D eigenvalue weighted by molar-refractivity contribution is 7.07. The van der Waals surface area contributed by atoms with Gasteiger partial charge in [0.2, 0.25) is 0 Å². The van der Waals surface area contributed by atoms with Gasteiger partial charge in [0.25, 0.3) is 11.6 Å². The van der Waals surface area contributed by atoms with Gasteiger partial charge < -0.3 is 14.8 Å². The Labute approximate surface area is 141 Å². The van der Waals surface area contributed by atoms with Crippen LogP contribution >= 0.6 is 11.3 Å². The highest BCUT2D eigenvalue weighted by atomic mass is 32.1. The summed E-state index contributed by atoms with van der Waals surface area (Å²) in [4.78, 5) is 33.6. The van der Waals surface area contributed by atoms with Crippen LogP contribution in [0.4, 0.5) is 11.4 Å². The fourth-order valence-electron chi connectivity index (χ4n) is 1.84. The van der Waals surface area contributed by atoms with Crippen molar-refractivity contribution in [3.63, 3.8) is 0 Å². The number of anilines is 1. The molecular weight excluding hydrogens is 336 g/mol. The molecular formula is C15H14N2O6S. The maximum atomic E-state index is 11.8. The molecule has 1 aromatic carbocycles. The molecule has 0 aliphatic carbocycles. The number of rotatable bonds is 7. The molecule has 24 heavy (non-hydrogen) atoms. The Morgan fingerprint density at radius 1 is 1.33 bits per heavy atom. The second-order valence-electron chi connectivity index (χ2n) is 4.66. The molecule has 0 aliphatic rings. The first kappa shape index (κ1) is 17.4. The SMILES string of the molecule is COc1cc([N+](=O)[O-])ccc1NC(=O)COC(=O)Cc1ccsc1. The number of nitrogens with zero attached hydrogens (tertiary/aromatic N) is 1. The predicted molar refractivity (Wildman–Crippen MR) is 87.3 cm³/mol. The van der Waals surface area contributed by atoms with E-state index < -0.39 is 23.4 Å². The van der Waals surface area contributed by atoms with Crippen molar-refractivity contribution in [3.8, 4) is 5.75 Å². The number of non-ortho nitro benzene ring substituents is 1. The van der Waals surface area contributed by atoms with Crippen LogP contribution in [0.2, 0.25) is 0 Å². The molecule has 0 saturated heterocycles. The minimum absolute atomic E-state index is 0.0949. The molecule has 2 aromatic rings. The summed E-state index contributed by atoms with van der Waals surface area (Å²) in [6, 6.07) is 5.58. The van der Waals surface area contributed by atoms with E-state index in [0.717, 1.165) is 5.56 Å². The fourth-order valence-corrected chi connectivity index (χ4v) is 2.51. The molecule has 0 spiro atoms. The highest BCUT2D eigenvalue weighted by Crippen LogP contribution is 2.28. The zero-order chi connectivity index (χ0) is 17.5. The number of benzene rings is 1. The Bertz CT molecular complexity index is 744. The Balaban J connectivity index is 1.90. The van der Waals surface area contributed by atoms with E-state index in [1.165, 1.54) is 36.6 Å². The maximum Gasteiger partial charge on any atom is 0.310 e. The summed E-state index contributed by atoms with van der Waals surface area (Å²) in [7, 11) is 1.33. The van der Waals surface area contributed by atoms with Crippen LogP contribution in [-0.2, 0) is 20.7 Å². The predicted octanol–water partition coefficient (Wildman–Crippen LogP) is 2.39. The number of amides is 1. The highest BCUT2D eigenvalue weighted by Gasteiger charge is 2.14. The molecule has 0 bridgehead atoms. The third-order valence-corrected chi connectivity index (χ3v) is 3.69. The van der Waals surface area contributed by atoms with Crippen LogP contribution in [0.15, 0.2) is 35.0 Å². The van der Waals surface area contributed by atoms with Gasteiger partial charge in [0.15, 0.2) is 6.61 Å². The van der Waals surface area contributed by atoms with Gasteiger partial charge in [-0.2, -0.15) is 11.3 Å². The number of carbonyl (C=O) groups is 2. The van der Waals surface area contributed by atoms with Gasteiger partial charge in [-0.1, -0.05) is 0 Å². The maximum absolute atomic E-state index is 11.8. The van der Waals surface area contributed by atoms with Crippen LogP contribution in [0.1, 0.15) is 5.56 Å². The Hall–Kier alpha value is -2.94. The van der Waals surface area contributed by atoms with Gasteiger partial charge in [0, 0.05) is 6.07 Å². The molecule has 1 heterocycles. The number of hydrogen-bond donors (Lipinski definition) is 1. The van der Waals surface area contributed by atoms with Crippen LogP contribution < -0.4 is 10.1 Å². The average Bonchev–Trinajstić information content (AvgIpc) is 3.06. The van der Waals surface area contributed by atoms with Gasteiger partial charge in [0.1, 0.15) is 5.75 Å². The van der Waals surface area contributed by atoms with E-state index in [-0.39, 0.29) is 23.5 Å². The summed E-state index contributed by atoms with van der Waals surface area (Å²) in [6.07, 6.45) is 0.0949. The first-order valence-corrected chi connectivity index (χ1v) is 7.73. The summed E-state index contributed by atoms with van der Waals surface area (Å²) in [5, 5.41) is 16.9. The van der Waals surface area contributed by atoms with E-state index in [2.05, 4.69) is 5.32 Å². The van der Waals surface area contributed by atoms with E-state index in [1.54, 1.807) is 6.07 Å². The Morgan fingerprint density at radius 3 is 2.75 bits per heavy atom. The molecule has 1 amide bonds. The molecule has 0 aliphatic heterocycles. The number of esters is 1. The lowest BCUT2D eigenvalue weighted by Gasteiger charge is -2.10. The van der Waals surface area contributed by atoms with Crippen molar-refractivity contribution in [2.24, 2.45) is 0 Å². The summed E-state index contributed by atoms with van der Waals surface area (Å²) in [5.74, 6) is -0.942. The standard InChI is InChI=1S/C15H14N2O6S/c1-22-13-7-11(17(20)21)2-3-12(13)16-14(18)8-23-15(19)6-10-4-5-24-9-10/h2-5,7,9H,6,8H2,1H3,(H,16,18). The van der Waals surface area contributed by atoms with Crippen molar-refractivity contribution >= 4 is 34.6 Å². The van der Waals surface area contributed by atoms with Gasteiger partial charge in [-0.3, -0.25) is 19.7 Å². The first-order valence-electron chi connectivity index (χ1n) is 6.78. The molecule has 126 valence electrons. The third-order valence-electron chi connectivity index (χ3n) is 2.96. The van der Waals surface area contributed by atoms with Crippen molar-refractivity contribution in [1.82, 2.24) is 0 Å². The molecule has 0 radical (unpaired) electrons. The lowest BCUT2D eigenvalue weighted by molar-refractivity contribution is -0.384. The number of nitro groups is 1. The smallest absolute Gasteiger partial charge is 0.310 e. The van der Waals surface area contributed by atoms with Crippen LogP contribution in [0, 0.1) is 10.1 Å². The largest absolute Gasteiger partial charge is 0.494 e. The molecule has 0 atom stereocenters. The molecule has 1 aromatic heterocycles. The average molecular weight is 350 g/mol. The minimum Gasteiger partial charge on any atom is -0.494 e. The lowest BCUT2D eigenvalue weighted by Crippen LogP contribution is -2.21. The third kappa shape index (κ3) is 4.78. The van der Waals surface area contributed by atoms with E-state index in [4.69, 9.17) is 9.47 Å². The molecule has 2 rings (SSSR count). The number of nitro benzene ring substituents is 1. The van der Waals surface area contributed by atoms with Crippen LogP contribution in [-0.4, -0.2) is 30.5 Å². The number of carbonyl (C=O) groups excluding carboxylic acids is 2. The molecule has 0 saturated carbocycles. The second kappa shape index (κ2) is 8.06. The minimum atomic E-state index is -0.569. The van der Waals surface area contributed by atoms with Gasteiger partial charge in [0.05, 0.1) is 30.2 Å². The number of methoxy groups -OCH3 is 1. The van der Waals surface area contributed by atoms with Gasteiger partial charge in [-0.05, 0) is 28.5 Å². The molecule has 0 unspecified atom stereocenters. The molecule has 0 fully saturated rings. The number of hydrogen-bond acceptors (Lipinski definition) is 7.